The molecule has 0 fully saturated rings. The first kappa shape index (κ1) is 13.3. The Kier molecular flexibility index (Phi) is 3.35. The van der Waals surface area contributed by atoms with E-state index in [2.05, 4.69) is 25.8 Å². The van der Waals surface area contributed by atoms with Crippen LogP contribution in [0.25, 0.3) is 10.9 Å². The number of pyridine rings is 1. The Morgan fingerprint density at radius 3 is 2.44 bits per heavy atom. The Balaban J connectivity index is 2.69. The molecule has 18 heavy (non-hydrogen) atoms. The van der Waals surface area contributed by atoms with Gasteiger partial charge in [-0.3, -0.25) is 4.79 Å². The molecule has 0 amide bonds. The summed E-state index contributed by atoms with van der Waals surface area (Å²) in [6, 6.07) is 7.63. The molecule has 1 aromatic heterocycles. The van der Waals surface area contributed by atoms with Crippen LogP contribution in [0.3, 0.4) is 0 Å². The third-order valence-corrected chi connectivity index (χ3v) is 3.34. The summed E-state index contributed by atoms with van der Waals surface area (Å²) in [5, 5.41) is 0.428. The second-order valence-corrected chi connectivity index (χ2v) is 5.96. The minimum atomic E-state index is -0.587. The van der Waals surface area contributed by atoms with Gasteiger partial charge in [0.05, 0.1) is 11.1 Å². The molecule has 0 aliphatic carbocycles. The van der Waals surface area contributed by atoms with Crippen LogP contribution in [0.4, 0.5) is 0 Å². The number of rotatable bonds is 1. The minimum Gasteiger partial charge on any atom is -0.275 e. The molecular weight excluding hydrogens is 269 g/mol. The Hall–Kier alpha value is -1.12. The molecule has 0 bridgehead atoms. The largest absolute Gasteiger partial charge is 0.275 e. The van der Waals surface area contributed by atoms with E-state index in [0.717, 1.165) is 10.9 Å². The zero-order valence-corrected chi connectivity index (χ0v) is 11.9. The molecule has 0 aliphatic rings. The van der Waals surface area contributed by atoms with Crippen LogP contribution in [0.5, 0.6) is 0 Å². The summed E-state index contributed by atoms with van der Waals surface area (Å²) < 4.78 is 0. The number of benzene rings is 1. The lowest BCUT2D eigenvalue weighted by Crippen LogP contribution is -2.10. The smallest absolute Gasteiger partial charge is 0.255 e. The average molecular weight is 282 g/mol. The van der Waals surface area contributed by atoms with Gasteiger partial charge in [-0.2, -0.15) is 0 Å². The second-order valence-electron chi connectivity index (χ2n) is 5.26. The summed E-state index contributed by atoms with van der Waals surface area (Å²) in [5.41, 5.74) is 2.22. The fourth-order valence-corrected chi connectivity index (χ4v) is 2.18. The minimum absolute atomic E-state index is 0.0406. The molecule has 0 unspecified atom stereocenters. The van der Waals surface area contributed by atoms with E-state index in [1.807, 2.05) is 18.2 Å². The third kappa shape index (κ3) is 2.50. The van der Waals surface area contributed by atoms with E-state index in [4.69, 9.17) is 23.2 Å². The molecule has 2 nitrogen and oxygen atoms in total. The number of carbonyl (C=O) groups is 1. The van der Waals surface area contributed by atoms with Gasteiger partial charge >= 0.3 is 0 Å². The van der Waals surface area contributed by atoms with Crippen molar-refractivity contribution in [3.8, 4) is 0 Å². The van der Waals surface area contributed by atoms with Gasteiger partial charge in [-0.25, -0.2) is 4.98 Å². The van der Waals surface area contributed by atoms with Gasteiger partial charge in [0.1, 0.15) is 5.15 Å². The maximum Gasteiger partial charge on any atom is 0.255 e. The highest BCUT2D eigenvalue weighted by Gasteiger charge is 2.16. The highest BCUT2D eigenvalue weighted by atomic mass is 35.5. The number of hydrogen-bond donors (Lipinski definition) is 0. The molecule has 0 saturated carbocycles. The fraction of sp³-hybridized carbons (Fsp3) is 0.286. The lowest BCUT2D eigenvalue weighted by Gasteiger charge is -2.19. The number of fused-ring (bicyclic) bond motifs is 1. The van der Waals surface area contributed by atoms with E-state index in [0.29, 0.717) is 0 Å². The van der Waals surface area contributed by atoms with Crippen molar-refractivity contribution in [1.82, 2.24) is 4.98 Å². The van der Waals surface area contributed by atoms with E-state index in [1.54, 1.807) is 6.07 Å². The van der Waals surface area contributed by atoms with Crippen molar-refractivity contribution in [2.75, 3.05) is 0 Å². The first-order chi connectivity index (χ1) is 8.29. The molecule has 4 heteroatoms. The molecule has 2 rings (SSSR count). The standard InChI is InChI=1S/C14H13Cl2NO/c1-14(2,3)9-4-5-11-8(6-9)7-10(13(16)18)12(15)17-11/h4-7H,1-3H3. The Morgan fingerprint density at radius 2 is 1.89 bits per heavy atom. The summed E-state index contributed by atoms with van der Waals surface area (Å²) in [7, 11) is 0. The van der Waals surface area contributed by atoms with Gasteiger partial charge in [0.15, 0.2) is 0 Å². The van der Waals surface area contributed by atoms with Gasteiger partial charge in [-0.05, 0) is 40.8 Å². The van der Waals surface area contributed by atoms with Crippen LogP contribution < -0.4 is 0 Å². The van der Waals surface area contributed by atoms with Crippen LogP contribution in [-0.4, -0.2) is 10.2 Å². The Bertz CT molecular complexity index is 629. The van der Waals surface area contributed by atoms with Crippen LogP contribution >= 0.6 is 23.2 Å². The summed E-state index contributed by atoms with van der Waals surface area (Å²) in [6.07, 6.45) is 0. The van der Waals surface area contributed by atoms with Crippen molar-refractivity contribution in [2.24, 2.45) is 0 Å². The lowest BCUT2D eigenvalue weighted by molar-refractivity contribution is 0.108. The zero-order chi connectivity index (χ0) is 13.5. The molecule has 0 saturated heterocycles. The van der Waals surface area contributed by atoms with E-state index < -0.39 is 5.24 Å². The number of halogens is 2. The second kappa shape index (κ2) is 4.52. The van der Waals surface area contributed by atoms with Crippen LogP contribution in [0.1, 0.15) is 36.7 Å². The van der Waals surface area contributed by atoms with Gasteiger partial charge in [-0.1, -0.05) is 38.4 Å². The summed E-state index contributed by atoms with van der Waals surface area (Å²) in [4.78, 5) is 15.4. The first-order valence-electron chi connectivity index (χ1n) is 5.59. The van der Waals surface area contributed by atoms with Crippen molar-refractivity contribution < 1.29 is 4.79 Å². The Morgan fingerprint density at radius 1 is 1.22 bits per heavy atom. The highest BCUT2D eigenvalue weighted by Crippen LogP contribution is 2.28. The lowest BCUT2D eigenvalue weighted by atomic mass is 9.86. The van der Waals surface area contributed by atoms with Crippen molar-refractivity contribution in [3.63, 3.8) is 0 Å². The zero-order valence-electron chi connectivity index (χ0n) is 10.4. The SMILES string of the molecule is CC(C)(C)c1ccc2nc(Cl)c(C(=O)Cl)cc2c1. The molecular formula is C14H13Cl2NO. The van der Waals surface area contributed by atoms with E-state index in [-0.39, 0.29) is 16.1 Å². The fourth-order valence-electron chi connectivity index (χ4n) is 1.76. The van der Waals surface area contributed by atoms with Crippen molar-refractivity contribution >= 4 is 39.3 Å². The molecule has 0 N–H and O–H groups in total. The maximum atomic E-state index is 11.2. The number of hydrogen-bond acceptors (Lipinski definition) is 2. The third-order valence-electron chi connectivity index (χ3n) is 2.85. The molecule has 0 aliphatic heterocycles. The van der Waals surface area contributed by atoms with Crippen LogP contribution in [0, 0.1) is 0 Å². The topological polar surface area (TPSA) is 30.0 Å². The monoisotopic (exact) mass is 281 g/mol. The summed E-state index contributed by atoms with van der Waals surface area (Å²) in [5.74, 6) is 0. The van der Waals surface area contributed by atoms with Gasteiger partial charge in [0, 0.05) is 5.39 Å². The van der Waals surface area contributed by atoms with Gasteiger partial charge in [0.25, 0.3) is 5.24 Å². The first-order valence-corrected chi connectivity index (χ1v) is 6.35. The molecule has 0 atom stereocenters. The molecule has 94 valence electrons. The number of carbonyl (C=O) groups excluding carboxylic acids is 1. The van der Waals surface area contributed by atoms with Crippen LogP contribution in [0.2, 0.25) is 5.15 Å². The van der Waals surface area contributed by atoms with Gasteiger partial charge < -0.3 is 0 Å². The summed E-state index contributed by atoms with van der Waals surface area (Å²) >= 11 is 11.4. The van der Waals surface area contributed by atoms with Crippen molar-refractivity contribution in [3.05, 3.63) is 40.5 Å². The Labute approximate surface area is 116 Å². The molecule has 0 spiro atoms. The maximum absolute atomic E-state index is 11.2. The predicted molar refractivity (Wildman–Crippen MR) is 75.6 cm³/mol. The molecule has 0 radical (unpaired) electrons. The number of nitrogens with zero attached hydrogens (tertiary/aromatic N) is 1. The van der Waals surface area contributed by atoms with Gasteiger partial charge in [-0.15, -0.1) is 0 Å². The normalized spacial score (nSPS) is 11.8. The van der Waals surface area contributed by atoms with E-state index in [1.165, 1.54) is 5.56 Å². The van der Waals surface area contributed by atoms with Crippen molar-refractivity contribution in [2.45, 2.75) is 26.2 Å². The number of aromatic nitrogens is 1. The van der Waals surface area contributed by atoms with Crippen LogP contribution in [0.15, 0.2) is 24.3 Å². The van der Waals surface area contributed by atoms with E-state index >= 15 is 0 Å². The predicted octanol–water partition coefficient (Wildman–Crippen LogP) is 4.56. The van der Waals surface area contributed by atoms with Crippen molar-refractivity contribution in [1.29, 1.82) is 0 Å². The van der Waals surface area contributed by atoms with Crippen LogP contribution in [-0.2, 0) is 5.41 Å². The quantitative estimate of drug-likeness (QED) is 0.566. The van der Waals surface area contributed by atoms with Gasteiger partial charge in [0.2, 0.25) is 0 Å². The summed E-state index contributed by atoms with van der Waals surface area (Å²) in [6.45, 7) is 6.39. The molecule has 1 aromatic carbocycles. The molecule has 2 aromatic rings. The average Bonchev–Trinajstić information content (AvgIpc) is 2.25. The highest BCUT2D eigenvalue weighted by molar-refractivity contribution is 6.68. The van der Waals surface area contributed by atoms with E-state index in [9.17, 15) is 4.79 Å². The molecule has 1 heterocycles.